The van der Waals surface area contributed by atoms with E-state index in [0.29, 0.717) is 35.9 Å². The van der Waals surface area contributed by atoms with Crippen molar-refractivity contribution in [2.24, 2.45) is 0 Å². The Balaban J connectivity index is 1.88. The minimum atomic E-state index is -0.236. The molecule has 0 spiro atoms. The molecule has 0 fully saturated rings. The average molecular weight is 390 g/mol. The molecule has 0 bridgehead atoms. The molecule has 29 heavy (non-hydrogen) atoms. The van der Waals surface area contributed by atoms with Crippen molar-refractivity contribution in [3.63, 3.8) is 0 Å². The number of nitrogens with one attached hydrogen (secondary N) is 1. The summed E-state index contributed by atoms with van der Waals surface area (Å²) in [4.78, 5) is 32.8. The summed E-state index contributed by atoms with van der Waals surface area (Å²) < 4.78 is 0. The van der Waals surface area contributed by atoms with E-state index in [9.17, 15) is 4.79 Å². The lowest BCUT2D eigenvalue weighted by Gasteiger charge is -2.16. The van der Waals surface area contributed by atoms with Crippen LogP contribution in [0.5, 0.6) is 0 Å². The topological polar surface area (TPSA) is 83.9 Å². The minimum absolute atomic E-state index is 0.236. The molecule has 0 saturated carbocycles. The molecule has 7 heteroatoms. The van der Waals surface area contributed by atoms with Gasteiger partial charge in [0.1, 0.15) is 17.2 Å². The molecule has 0 unspecified atom stereocenters. The third-order valence-corrected chi connectivity index (χ3v) is 4.42. The highest BCUT2D eigenvalue weighted by atomic mass is 16.1. The van der Waals surface area contributed by atoms with E-state index >= 15 is 0 Å². The van der Waals surface area contributed by atoms with Crippen LogP contribution in [0.25, 0.3) is 11.4 Å². The largest absolute Gasteiger partial charge is 0.348 e. The van der Waals surface area contributed by atoms with Gasteiger partial charge in [0.15, 0.2) is 0 Å². The summed E-state index contributed by atoms with van der Waals surface area (Å²) in [5, 5.41) is 2.94. The Morgan fingerprint density at radius 2 is 1.86 bits per heavy atom. The van der Waals surface area contributed by atoms with Crippen LogP contribution >= 0.6 is 0 Å². The fraction of sp³-hybridized carbons (Fsp3) is 0.318. The molecule has 7 nitrogen and oxygen atoms in total. The van der Waals surface area contributed by atoms with Gasteiger partial charge in [0.25, 0.3) is 5.91 Å². The summed E-state index contributed by atoms with van der Waals surface area (Å²) >= 11 is 0. The van der Waals surface area contributed by atoms with Crippen molar-refractivity contribution in [3.05, 3.63) is 71.6 Å². The molecule has 1 amide bonds. The van der Waals surface area contributed by atoms with Crippen molar-refractivity contribution in [3.8, 4) is 11.4 Å². The molecule has 1 aromatic carbocycles. The summed E-state index contributed by atoms with van der Waals surface area (Å²) in [6.07, 6.45) is 5.95. The van der Waals surface area contributed by atoms with Crippen LogP contribution in [-0.2, 0) is 13.1 Å². The molecule has 0 aliphatic heterocycles. The van der Waals surface area contributed by atoms with Crippen LogP contribution in [0.2, 0.25) is 0 Å². The van der Waals surface area contributed by atoms with Crippen LogP contribution in [-0.4, -0.2) is 44.3 Å². The number of carbonyl (C=O) groups is 1. The zero-order valence-electron chi connectivity index (χ0n) is 17.1. The molecule has 0 atom stereocenters. The molecule has 1 N–H and O–H groups in total. The summed E-state index contributed by atoms with van der Waals surface area (Å²) in [6.45, 7) is 5.98. The molecule has 2 aromatic heterocycles. The molecule has 0 radical (unpaired) electrons. The summed E-state index contributed by atoms with van der Waals surface area (Å²) in [7, 11) is 2.03. The van der Waals surface area contributed by atoms with E-state index in [0.717, 1.165) is 24.2 Å². The van der Waals surface area contributed by atoms with Gasteiger partial charge >= 0.3 is 0 Å². The van der Waals surface area contributed by atoms with E-state index in [1.54, 1.807) is 18.6 Å². The fourth-order valence-electron chi connectivity index (χ4n) is 2.95. The second kappa shape index (κ2) is 9.84. The van der Waals surface area contributed by atoms with Gasteiger partial charge < -0.3 is 5.32 Å². The van der Waals surface area contributed by atoms with E-state index in [-0.39, 0.29) is 5.91 Å². The first kappa shape index (κ1) is 20.5. The van der Waals surface area contributed by atoms with Gasteiger partial charge in [0, 0.05) is 18.9 Å². The minimum Gasteiger partial charge on any atom is -0.348 e. The van der Waals surface area contributed by atoms with Crippen LogP contribution in [0.15, 0.2) is 48.9 Å². The first-order valence-corrected chi connectivity index (χ1v) is 9.72. The maximum absolute atomic E-state index is 12.9. The molecule has 0 aliphatic carbocycles. The van der Waals surface area contributed by atoms with Gasteiger partial charge in [-0.15, -0.1) is 0 Å². The van der Waals surface area contributed by atoms with Gasteiger partial charge in [-0.2, -0.15) is 0 Å². The Hall–Kier alpha value is -3.19. The highest BCUT2D eigenvalue weighted by Gasteiger charge is 2.18. The highest BCUT2D eigenvalue weighted by Crippen LogP contribution is 2.19. The second-order valence-corrected chi connectivity index (χ2v) is 7.00. The molecule has 3 aromatic rings. The zero-order valence-corrected chi connectivity index (χ0v) is 17.1. The lowest BCUT2D eigenvalue weighted by Crippen LogP contribution is -2.25. The number of nitrogens with zero attached hydrogens (tertiary/aromatic N) is 5. The molecule has 150 valence electrons. The Morgan fingerprint density at radius 1 is 1.07 bits per heavy atom. The number of hydrogen-bond donors (Lipinski definition) is 1. The number of carbonyl (C=O) groups excluding carboxylic acids is 1. The first-order chi connectivity index (χ1) is 14.1. The molecule has 0 aliphatic rings. The molecular formula is C22H26N6O. The van der Waals surface area contributed by atoms with E-state index in [1.165, 1.54) is 0 Å². The quantitative estimate of drug-likeness (QED) is 0.636. The van der Waals surface area contributed by atoms with Crippen molar-refractivity contribution < 1.29 is 4.79 Å². The van der Waals surface area contributed by atoms with Gasteiger partial charge in [0.2, 0.25) is 0 Å². The Morgan fingerprint density at radius 3 is 2.55 bits per heavy atom. The van der Waals surface area contributed by atoms with Crippen molar-refractivity contribution >= 4 is 5.91 Å². The van der Waals surface area contributed by atoms with E-state index in [4.69, 9.17) is 0 Å². The lowest BCUT2D eigenvalue weighted by atomic mass is 10.1. The van der Waals surface area contributed by atoms with E-state index in [1.807, 2.05) is 44.3 Å². The van der Waals surface area contributed by atoms with Crippen LogP contribution in [0.3, 0.4) is 0 Å². The first-order valence-electron chi connectivity index (χ1n) is 9.72. The maximum Gasteiger partial charge on any atom is 0.255 e. The molecule has 0 saturated heterocycles. The predicted octanol–water partition coefficient (Wildman–Crippen LogP) is 3.01. The van der Waals surface area contributed by atoms with Gasteiger partial charge in [-0.25, -0.2) is 9.97 Å². The fourth-order valence-corrected chi connectivity index (χ4v) is 2.95. The van der Waals surface area contributed by atoms with Gasteiger partial charge in [-0.1, -0.05) is 37.3 Å². The number of amides is 1. The number of rotatable bonds is 8. The maximum atomic E-state index is 12.9. The van der Waals surface area contributed by atoms with Crippen LogP contribution in [0, 0.1) is 6.92 Å². The van der Waals surface area contributed by atoms with Gasteiger partial charge in [-0.3, -0.25) is 19.7 Å². The van der Waals surface area contributed by atoms with Crippen LogP contribution in [0.1, 0.15) is 40.8 Å². The SMILES string of the molecule is CCCN(C)Cc1ncc(C(=O)NCc2ccccc2)c(-c2cnc(C)cn2)n1. The number of benzene rings is 1. The number of aryl methyl sites for hydroxylation is 1. The van der Waals surface area contributed by atoms with Crippen LogP contribution < -0.4 is 5.32 Å². The van der Waals surface area contributed by atoms with Gasteiger partial charge in [0.05, 0.1) is 24.0 Å². The molecular weight excluding hydrogens is 364 g/mol. The summed E-state index contributed by atoms with van der Waals surface area (Å²) in [5.74, 6) is 0.414. The Bertz CT molecular complexity index is 943. The monoisotopic (exact) mass is 390 g/mol. The number of aromatic nitrogens is 4. The normalized spacial score (nSPS) is 10.9. The summed E-state index contributed by atoms with van der Waals surface area (Å²) in [5.41, 5.74) is 3.28. The average Bonchev–Trinajstić information content (AvgIpc) is 2.73. The van der Waals surface area contributed by atoms with E-state index in [2.05, 4.69) is 37.1 Å². The van der Waals surface area contributed by atoms with Crippen LogP contribution in [0.4, 0.5) is 0 Å². The lowest BCUT2D eigenvalue weighted by molar-refractivity contribution is 0.0950. The van der Waals surface area contributed by atoms with Gasteiger partial charge in [-0.05, 0) is 32.5 Å². The van der Waals surface area contributed by atoms with Crippen molar-refractivity contribution in [2.75, 3.05) is 13.6 Å². The van der Waals surface area contributed by atoms with Crippen molar-refractivity contribution in [2.45, 2.75) is 33.4 Å². The Labute approximate surface area is 171 Å². The highest BCUT2D eigenvalue weighted by molar-refractivity contribution is 5.99. The number of hydrogen-bond acceptors (Lipinski definition) is 6. The zero-order chi connectivity index (χ0) is 20.6. The molecule has 3 rings (SSSR count). The van der Waals surface area contributed by atoms with Crippen molar-refractivity contribution in [1.29, 1.82) is 0 Å². The van der Waals surface area contributed by atoms with E-state index < -0.39 is 0 Å². The summed E-state index contributed by atoms with van der Waals surface area (Å²) in [6, 6.07) is 9.77. The third kappa shape index (κ3) is 5.65. The third-order valence-electron chi connectivity index (χ3n) is 4.42. The molecule has 2 heterocycles. The second-order valence-electron chi connectivity index (χ2n) is 7.00. The smallest absolute Gasteiger partial charge is 0.255 e. The predicted molar refractivity (Wildman–Crippen MR) is 112 cm³/mol. The standard InChI is InChI=1S/C22H26N6O/c1-4-10-28(3)15-20-25-13-18(21(27-20)19-14-23-16(2)11-24-19)22(29)26-12-17-8-6-5-7-9-17/h5-9,11,13-14H,4,10,12,15H2,1-3H3,(H,26,29). The Kier molecular flexibility index (Phi) is 6.97. The van der Waals surface area contributed by atoms with Crippen molar-refractivity contribution in [1.82, 2.24) is 30.2 Å².